The highest BCUT2D eigenvalue weighted by Crippen LogP contribution is 2.35. The summed E-state index contributed by atoms with van der Waals surface area (Å²) in [5.74, 6) is -0.487. The topological polar surface area (TPSA) is 102 Å². The molecule has 3 rings (SSSR count). The predicted octanol–water partition coefficient (Wildman–Crippen LogP) is 1.70. The Hall–Kier alpha value is -2.88. The third-order valence-electron chi connectivity index (χ3n) is 4.76. The number of hydrazine groups is 1. The number of amides is 4. The zero-order valence-corrected chi connectivity index (χ0v) is 13.3. The van der Waals surface area contributed by atoms with Crippen LogP contribution >= 0.6 is 0 Å². The minimum atomic E-state index is -0.897. The van der Waals surface area contributed by atoms with Crippen molar-refractivity contribution in [2.24, 2.45) is 5.92 Å². The van der Waals surface area contributed by atoms with Crippen LogP contribution in [0.2, 0.25) is 0 Å². The fraction of sp³-hybridized carbons (Fsp3) is 0.412. The lowest BCUT2D eigenvalue weighted by Gasteiger charge is -2.33. The summed E-state index contributed by atoms with van der Waals surface area (Å²) in [4.78, 5) is 37.1. The van der Waals surface area contributed by atoms with E-state index in [9.17, 15) is 14.4 Å². The van der Waals surface area contributed by atoms with Crippen molar-refractivity contribution >= 4 is 17.8 Å². The van der Waals surface area contributed by atoms with Crippen molar-refractivity contribution in [2.45, 2.75) is 38.1 Å². The molecule has 0 aromatic heterocycles. The smallest absolute Gasteiger partial charge is 0.322 e. The van der Waals surface area contributed by atoms with E-state index in [0.717, 1.165) is 17.9 Å². The number of nitriles is 1. The number of hydrogen-bond acceptors (Lipinski definition) is 4. The zero-order chi connectivity index (χ0) is 17.3. The zero-order valence-electron chi connectivity index (χ0n) is 13.3. The summed E-state index contributed by atoms with van der Waals surface area (Å²) in [5, 5.41) is 12.4. The fourth-order valence-electron chi connectivity index (χ4n) is 3.21. The average molecular weight is 326 g/mol. The van der Waals surface area contributed by atoms with Gasteiger partial charge in [0, 0.05) is 5.56 Å². The Morgan fingerprint density at radius 3 is 2.75 bits per heavy atom. The molecule has 1 heterocycles. The van der Waals surface area contributed by atoms with Gasteiger partial charge in [-0.25, -0.2) is 4.79 Å². The van der Waals surface area contributed by atoms with E-state index in [0.29, 0.717) is 24.3 Å². The Kier molecular flexibility index (Phi) is 3.97. The van der Waals surface area contributed by atoms with Crippen LogP contribution in [0.4, 0.5) is 4.79 Å². The molecule has 1 aromatic rings. The number of imide groups is 1. The SMILES string of the molecule is CC1CCC2(CC1)NC(=O)N(NC(=O)c1cccc(C#N)c1)C2=O. The Bertz CT molecular complexity index is 744. The largest absolute Gasteiger partial charge is 0.344 e. The molecule has 1 aliphatic carbocycles. The van der Waals surface area contributed by atoms with Crippen LogP contribution in [0.3, 0.4) is 0 Å². The van der Waals surface area contributed by atoms with E-state index in [4.69, 9.17) is 5.26 Å². The van der Waals surface area contributed by atoms with Crippen molar-refractivity contribution < 1.29 is 14.4 Å². The molecule has 2 N–H and O–H groups in total. The van der Waals surface area contributed by atoms with Gasteiger partial charge in [-0.2, -0.15) is 10.3 Å². The normalized spacial score (nSPS) is 26.2. The van der Waals surface area contributed by atoms with E-state index in [2.05, 4.69) is 17.7 Å². The van der Waals surface area contributed by atoms with Crippen LogP contribution in [-0.4, -0.2) is 28.4 Å². The summed E-state index contributed by atoms with van der Waals surface area (Å²) < 4.78 is 0. The number of rotatable bonds is 2. The predicted molar refractivity (Wildman–Crippen MR) is 84.4 cm³/mol. The number of urea groups is 1. The second kappa shape index (κ2) is 5.96. The van der Waals surface area contributed by atoms with Crippen LogP contribution in [0.5, 0.6) is 0 Å². The Labute approximate surface area is 139 Å². The van der Waals surface area contributed by atoms with Gasteiger partial charge in [-0.15, -0.1) is 0 Å². The molecule has 24 heavy (non-hydrogen) atoms. The average Bonchev–Trinajstić information content (AvgIpc) is 2.82. The molecular formula is C17H18N4O3. The van der Waals surface area contributed by atoms with Crippen LogP contribution in [0, 0.1) is 17.2 Å². The molecule has 124 valence electrons. The second-order valence-electron chi connectivity index (χ2n) is 6.47. The molecule has 2 aliphatic rings. The molecule has 1 aliphatic heterocycles. The molecule has 1 aromatic carbocycles. The molecule has 0 bridgehead atoms. The van der Waals surface area contributed by atoms with Gasteiger partial charge >= 0.3 is 6.03 Å². The molecule has 1 saturated heterocycles. The van der Waals surface area contributed by atoms with Gasteiger partial charge in [0.15, 0.2) is 0 Å². The summed E-state index contributed by atoms with van der Waals surface area (Å²) >= 11 is 0. The van der Waals surface area contributed by atoms with E-state index in [1.54, 1.807) is 12.1 Å². The van der Waals surface area contributed by atoms with E-state index in [-0.39, 0.29) is 5.56 Å². The van der Waals surface area contributed by atoms with Gasteiger partial charge in [-0.1, -0.05) is 13.0 Å². The van der Waals surface area contributed by atoms with Crippen molar-refractivity contribution in [3.05, 3.63) is 35.4 Å². The van der Waals surface area contributed by atoms with Crippen molar-refractivity contribution in [3.8, 4) is 6.07 Å². The highest BCUT2D eigenvalue weighted by atomic mass is 16.2. The minimum Gasteiger partial charge on any atom is -0.322 e. The summed E-state index contributed by atoms with van der Waals surface area (Å²) in [6.45, 7) is 2.12. The number of carbonyl (C=O) groups is 3. The molecule has 0 radical (unpaired) electrons. The molecule has 1 spiro atoms. The molecule has 0 unspecified atom stereocenters. The lowest BCUT2D eigenvalue weighted by Crippen LogP contribution is -2.51. The molecule has 1 saturated carbocycles. The van der Waals surface area contributed by atoms with Gasteiger partial charge in [0.05, 0.1) is 11.6 Å². The van der Waals surface area contributed by atoms with Gasteiger partial charge in [0.2, 0.25) is 0 Å². The van der Waals surface area contributed by atoms with Crippen LogP contribution in [0.15, 0.2) is 24.3 Å². The molecule has 2 fully saturated rings. The molecule has 7 heteroatoms. The van der Waals surface area contributed by atoms with Gasteiger partial charge in [-0.3, -0.25) is 15.0 Å². The maximum absolute atomic E-state index is 12.7. The number of nitrogens with zero attached hydrogens (tertiary/aromatic N) is 2. The van der Waals surface area contributed by atoms with E-state index in [1.807, 2.05) is 6.07 Å². The van der Waals surface area contributed by atoms with E-state index < -0.39 is 23.4 Å². The third kappa shape index (κ3) is 2.71. The van der Waals surface area contributed by atoms with Crippen molar-refractivity contribution in [1.82, 2.24) is 15.8 Å². The van der Waals surface area contributed by atoms with Crippen LogP contribution in [-0.2, 0) is 4.79 Å². The first-order valence-corrected chi connectivity index (χ1v) is 7.93. The fourth-order valence-corrected chi connectivity index (χ4v) is 3.21. The monoisotopic (exact) mass is 326 g/mol. The van der Waals surface area contributed by atoms with Crippen molar-refractivity contribution in [1.29, 1.82) is 5.26 Å². The third-order valence-corrected chi connectivity index (χ3v) is 4.76. The lowest BCUT2D eigenvalue weighted by molar-refractivity contribution is -0.134. The Morgan fingerprint density at radius 1 is 1.38 bits per heavy atom. The van der Waals surface area contributed by atoms with Crippen molar-refractivity contribution in [2.75, 3.05) is 0 Å². The van der Waals surface area contributed by atoms with Gasteiger partial charge in [0.25, 0.3) is 11.8 Å². The highest BCUT2D eigenvalue weighted by Gasteiger charge is 2.52. The first-order valence-electron chi connectivity index (χ1n) is 7.93. The molecular weight excluding hydrogens is 308 g/mol. The van der Waals surface area contributed by atoms with Crippen molar-refractivity contribution in [3.63, 3.8) is 0 Å². The Morgan fingerprint density at radius 2 is 2.08 bits per heavy atom. The van der Waals surface area contributed by atoms with Gasteiger partial charge < -0.3 is 5.32 Å². The van der Waals surface area contributed by atoms with Gasteiger partial charge in [-0.05, 0) is 49.8 Å². The summed E-state index contributed by atoms with van der Waals surface area (Å²) in [7, 11) is 0. The quantitative estimate of drug-likeness (QED) is 0.807. The Balaban J connectivity index is 1.75. The number of hydrogen-bond donors (Lipinski definition) is 2. The van der Waals surface area contributed by atoms with Crippen LogP contribution in [0.1, 0.15) is 48.5 Å². The van der Waals surface area contributed by atoms with E-state index in [1.165, 1.54) is 12.1 Å². The second-order valence-corrected chi connectivity index (χ2v) is 6.47. The van der Waals surface area contributed by atoms with Crippen LogP contribution < -0.4 is 10.7 Å². The maximum atomic E-state index is 12.7. The highest BCUT2D eigenvalue weighted by molar-refractivity contribution is 6.09. The molecule has 4 amide bonds. The maximum Gasteiger partial charge on any atom is 0.344 e. The molecule has 7 nitrogen and oxygen atoms in total. The summed E-state index contributed by atoms with van der Waals surface area (Å²) in [6.07, 6.45) is 2.88. The molecule has 0 atom stereocenters. The standard InChI is InChI=1S/C17H18N4O3/c1-11-5-7-17(8-6-11)15(23)21(16(24)19-17)20-14(22)13-4-2-3-12(9-13)10-18/h2-4,9,11H,5-8H2,1H3,(H,19,24)(H,20,22). The van der Waals surface area contributed by atoms with Gasteiger partial charge in [0.1, 0.15) is 5.54 Å². The first-order chi connectivity index (χ1) is 11.4. The van der Waals surface area contributed by atoms with E-state index >= 15 is 0 Å². The lowest BCUT2D eigenvalue weighted by atomic mass is 9.77. The minimum absolute atomic E-state index is 0.216. The summed E-state index contributed by atoms with van der Waals surface area (Å²) in [6, 6.07) is 7.41. The first kappa shape index (κ1) is 16.0. The summed E-state index contributed by atoms with van der Waals surface area (Å²) in [5.41, 5.74) is 2.00. The number of benzene rings is 1. The number of nitrogens with one attached hydrogen (secondary N) is 2. The van der Waals surface area contributed by atoms with Crippen LogP contribution in [0.25, 0.3) is 0 Å². The number of carbonyl (C=O) groups excluding carboxylic acids is 3.